The van der Waals surface area contributed by atoms with Crippen molar-refractivity contribution >= 4 is 16.8 Å². The Morgan fingerprint density at radius 2 is 2.00 bits per heavy atom. The fourth-order valence-electron chi connectivity index (χ4n) is 2.88. The first-order valence-corrected chi connectivity index (χ1v) is 8.83. The molecule has 2 aromatic rings. The number of para-hydroxylation sites is 1. The summed E-state index contributed by atoms with van der Waals surface area (Å²) < 4.78 is 5.55. The van der Waals surface area contributed by atoms with E-state index in [0.717, 1.165) is 12.8 Å². The third kappa shape index (κ3) is 4.89. The summed E-state index contributed by atoms with van der Waals surface area (Å²) in [6, 6.07) is 7.24. The SMILES string of the molecule is CCC(CC)(CNC(=O)CCCc1nc2ccccc2c(=O)[nH]1)OC. The van der Waals surface area contributed by atoms with Crippen molar-refractivity contribution in [1.82, 2.24) is 15.3 Å². The van der Waals surface area contributed by atoms with Crippen molar-refractivity contribution in [3.8, 4) is 0 Å². The molecule has 1 aromatic carbocycles. The van der Waals surface area contributed by atoms with E-state index in [1.54, 1.807) is 13.2 Å². The molecule has 0 aliphatic carbocycles. The minimum absolute atomic E-state index is 0.00791. The smallest absolute Gasteiger partial charge is 0.258 e. The quantitative estimate of drug-likeness (QED) is 0.731. The van der Waals surface area contributed by atoms with Crippen LogP contribution in [0, 0.1) is 0 Å². The molecule has 6 nitrogen and oxygen atoms in total. The highest BCUT2D eigenvalue weighted by Gasteiger charge is 2.25. The summed E-state index contributed by atoms with van der Waals surface area (Å²) in [6.07, 6.45) is 3.28. The van der Waals surface area contributed by atoms with Crippen LogP contribution in [0.3, 0.4) is 0 Å². The Labute approximate surface area is 148 Å². The molecular weight excluding hydrogens is 318 g/mol. The number of benzene rings is 1. The normalized spacial score (nSPS) is 11.6. The number of aromatic amines is 1. The van der Waals surface area contributed by atoms with Crippen molar-refractivity contribution in [2.24, 2.45) is 0 Å². The molecule has 1 aromatic heterocycles. The molecule has 1 amide bonds. The number of ether oxygens (including phenoxy) is 1. The van der Waals surface area contributed by atoms with Crippen LogP contribution in [-0.2, 0) is 16.0 Å². The fraction of sp³-hybridized carbons (Fsp3) is 0.526. The lowest BCUT2D eigenvalue weighted by molar-refractivity contribution is -0.123. The van der Waals surface area contributed by atoms with Crippen LogP contribution in [-0.4, -0.2) is 35.1 Å². The van der Waals surface area contributed by atoms with Crippen LogP contribution < -0.4 is 10.9 Å². The molecule has 1 heterocycles. The highest BCUT2D eigenvalue weighted by Crippen LogP contribution is 2.18. The van der Waals surface area contributed by atoms with Gasteiger partial charge in [-0.1, -0.05) is 26.0 Å². The van der Waals surface area contributed by atoms with Crippen LogP contribution in [0.1, 0.15) is 45.4 Å². The van der Waals surface area contributed by atoms with Crippen LogP contribution in [0.15, 0.2) is 29.1 Å². The van der Waals surface area contributed by atoms with Gasteiger partial charge in [0.05, 0.1) is 16.5 Å². The van der Waals surface area contributed by atoms with E-state index >= 15 is 0 Å². The first-order chi connectivity index (χ1) is 12.0. The molecule has 0 unspecified atom stereocenters. The Kier molecular flexibility index (Phi) is 6.70. The van der Waals surface area contributed by atoms with Crippen molar-refractivity contribution in [2.45, 2.75) is 51.6 Å². The third-order valence-electron chi connectivity index (χ3n) is 4.81. The maximum absolute atomic E-state index is 12.0. The average Bonchev–Trinajstić information content (AvgIpc) is 2.63. The number of hydrogen-bond acceptors (Lipinski definition) is 4. The Morgan fingerprint density at radius 1 is 1.28 bits per heavy atom. The van der Waals surface area contributed by atoms with Gasteiger partial charge >= 0.3 is 0 Å². The van der Waals surface area contributed by atoms with Gasteiger partial charge < -0.3 is 15.0 Å². The molecule has 0 bridgehead atoms. The van der Waals surface area contributed by atoms with Gasteiger partial charge in [-0.2, -0.15) is 0 Å². The number of fused-ring (bicyclic) bond motifs is 1. The van der Waals surface area contributed by atoms with Gasteiger partial charge in [-0.05, 0) is 31.4 Å². The van der Waals surface area contributed by atoms with Gasteiger partial charge in [0.1, 0.15) is 5.82 Å². The van der Waals surface area contributed by atoms with Crippen LogP contribution >= 0.6 is 0 Å². The predicted molar refractivity (Wildman–Crippen MR) is 98.6 cm³/mol. The van der Waals surface area contributed by atoms with E-state index in [-0.39, 0.29) is 17.1 Å². The molecule has 136 valence electrons. The van der Waals surface area contributed by atoms with Gasteiger partial charge in [-0.15, -0.1) is 0 Å². The zero-order valence-corrected chi connectivity index (χ0v) is 15.2. The number of methoxy groups -OCH3 is 1. The highest BCUT2D eigenvalue weighted by molar-refractivity contribution is 5.77. The number of carbonyl (C=O) groups excluding carboxylic acids is 1. The van der Waals surface area contributed by atoms with Crippen LogP contribution in [0.4, 0.5) is 0 Å². The van der Waals surface area contributed by atoms with Gasteiger partial charge in [0.15, 0.2) is 0 Å². The molecule has 0 saturated carbocycles. The first-order valence-electron chi connectivity index (χ1n) is 8.83. The van der Waals surface area contributed by atoms with Gasteiger partial charge in [0.25, 0.3) is 5.56 Å². The lowest BCUT2D eigenvalue weighted by Crippen LogP contribution is -2.43. The third-order valence-corrected chi connectivity index (χ3v) is 4.81. The molecule has 0 aliphatic rings. The topological polar surface area (TPSA) is 84.1 Å². The molecule has 6 heteroatoms. The lowest BCUT2D eigenvalue weighted by atomic mass is 9.97. The number of nitrogens with one attached hydrogen (secondary N) is 2. The monoisotopic (exact) mass is 345 g/mol. The Bertz CT molecular complexity index is 758. The van der Waals surface area contributed by atoms with Gasteiger partial charge in [-0.25, -0.2) is 4.98 Å². The van der Waals surface area contributed by atoms with Gasteiger partial charge in [0, 0.05) is 26.5 Å². The molecule has 2 N–H and O–H groups in total. The van der Waals surface area contributed by atoms with Crippen LogP contribution in [0.5, 0.6) is 0 Å². The van der Waals surface area contributed by atoms with Crippen molar-refractivity contribution in [3.63, 3.8) is 0 Å². The minimum atomic E-state index is -0.291. The molecule has 0 radical (unpaired) electrons. The largest absolute Gasteiger partial charge is 0.376 e. The zero-order chi connectivity index (χ0) is 18.3. The number of hydrogen-bond donors (Lipinski definition) is 2. The Morgan fingerprint density at radius 3 is 2.68 bits per heavy atom. The summed E-state index contributed by atoms with van der Waals surface area (Å²) >= 11 is 0. The van der Waals surface area contributed by atoms with E-state index in [4.69, 9.17) is 4.74 Å². The van der Waals surface area contributed by atoms with E-state index in [0.29, 0.717) is 42.5 Å². The summed E-state index contributed by atoms with van der Waals surface area (Å²) in [5, 5.41) is 3.53. The molecule has 25 heavy (non-hydrogen) atoms. The van der Waals surface area contributed by atoms with E-state index in [1.165, 1.54) is 0 Å². The van der Waals surface area contributed by atoms with Crippen molar-refractivity contribution in [2.75, 3.05) is 13.7 Å². The second-order valence-corrected chi connectivity index (χ2v) is 6.25. The van der Waals surface area contributed by atoms with E-state index < -0.39 is 0 Å². The fourth-order valence-corrected chi connectivity index (χ4v) is 2.88. The second kappa shape index (κ2) is 8.76. The van der Waals surface area contributed by atoms with E-state index in [9.17, 15) is 9.59 Å². The summed E-state index contributed by atoms with van der Waals surface area (Å²) in [7, 11) is 1.68. The second-order valence-electron chi connectivity index (χ2n) is 6.25. The van der Waals surface area contributed by atoms with Gasteiger partial charge in [-0.3, -0.25) is 9.59 Å². The van der Waals surface area contributed by atoms with E-state index in [2.05, 4.69) is 29.1 Å². The number of amides is 1. The first kappa shape index (κ1) is 19.1. The van der Waals surface area contributed by atoms with Gasteiger partial charge in [0.2, 0.25) is 5.91 Å². The number of carbonyl (C=O) groups is 1. The molecule has 0 spiro atoms. The van der Waals surface area contributed by atoms with Crippen molar-refractivity contribution in [1.29, 1.82) is 0 Å². The number of nitrogens with zero attached hydrogens (tertiary/aromatic N) is 1. The number of H-pyrrole nitrogens is 1. The maximum Gasteiger partial charge on any atom is 0.258 e. The number of aryl methyl sites for hydroxylation is 1. The van der Waals surface area contributed by atoms with Crippen molar-refractivity contribution in [3.05, 3.63) is 40.4 Å². The van der Waals surface area contributed by atoms with E-state index in [1.807, 2.05) is 18.2 Å². The molecule has 0 aliphatic heterocycles. The molecule has 0 atom stereocenters. The summed E-state index contributed by atoms with van der Waals surface area (Å²) in [5.41, 5.74) is 0.253. The highest BCUT2D eigenvalue weighted by atomic mass is 16.5. The van der Waals surface area contributed by atoms with Crippen LogP contribution in [0.2, 0.25) is 0 Å². The minimum Gasteiger partial charge on any atom is -0.376 e. The summed E-state index contributed by atoms with van der Waals surface area (Å²) in [6.45, 7) is 4.63. The number of rotatable bonds is 9. The summed E-state index contributed by atoms with van der Waals surface area (Å²) in [5.74, 6) is 0.608. The zero-order valence-electron chi connectivity index (χ0n) is 15.2. The maximum atomic E-state index is 12.0. The average molecular weight is 345 g/mol. The standard InChI is InChI=1S/C19H27N3O3/c1-4-19(5-2,25-3)13-20-17(23)12-8-11-16-21-15-10-7-6-9-14(15)18(24)22-16/h6-7,9-10H,4-5,8,11-13H2,1-3H3,(H,20,23)(H,21,22,24). The van der Waals surface area contributed by atoms with Crippen LogP contribution in [0.25, 0.3) is 10.9 Å². The molecule has 0 fully saturated rings. The van der Waals surface area contributed by atoms with Crippen molar-refractivity contribution < 1.29 is 9.53 Å². The lowest BCUT2D eigenvalue weighted by Gasteiger charge is -2.30. The molecule has 2 rings (SSSR count). The predicted octanol–water partition coefficient (Wildman–Crippen LogP) is 2.57. The molecular formula is C19H27N3O3. The number of aromatic nitrogens is 2. The Hall–Kier alpha value is -2.21. The molecule has 0 saturated heterocycles. The summed E-state index contributed by atoms with van der Waals surface area (Å²) in [4.78, 5) is 31.3. The Balaban J connectivity index is 1.86.